The molecule has 2 aromatic carbocycles. The van der Waals surface area contributed by atoms with E-state index in [1.165, 1.54) is 12.2 Å². The average Bonchev–Trinajstić information content (AvgIpc) is 2.75. The third-order valence-corrected chi connectivity index (χ3v) is 4.62. The molecule has 31 heavy (non-hydrogen) atoms. The van der Waals surface area contributed by atoms with E-state index >= 15 is 0 Å². The topological polar surface area (TPSA) is 62.2 Å². The second-order valence-electron chi connectivity index (χ2n) is 7.28. The maximum absolute atomic E-state index is 12.2. The second kappa shape index (κ2) is 10.9. The summed E-state index contributed by atoms with van der Waals surface area (Å²) < 4.78 is 10.8. The Morgan fingerprint density at radius 3 is 1.68 bits per heavy atom. The van der Waals surface area contributed by atoms with Crippen molar-refractivity contribution in [1.29, 1.82) is 0 Å². The van der Waals surface area contributed by atoms with E-state index in [1.807, 2.05) is 74.4 Å². The molecule has 0 radical (unpaired) electrons. The Morgan fingerprint density at radius 2 is 1.26 bits per heavy atom. The van der Waals surface area contributed by atoms with Gasteiger partial charge in [0.15, 0.2) is 5.78 Å². The largest absolute Gasteiger partial charge is 0.508 e. The molecule has 0 saturated heterocycles. The number of anilines is 2. The molecule has 2 rings (SSSR count). The van der Waals surface area contributed by atoms with Crippen LogP contribution in [0.4, 0.5) is 11.4 Å². The Hall–Kier alpha value is -3.67. The number of allylic oxidation sites excluding steroid dienone is 3. The molecule has 1 N–H and O–H groups in total. The van der Waals surface area contributed by atoms with Crippen LogP contribution >= 0.6 is 0 Å². The van der Waals surface area contributed by atoms with Crippen molar-refractivity contribution in [2.24, 2.45) is 0 Å². The van der Waals surface area contributed by atoms with Gasteiger partial charge in [-0.3, -0.25) is 4.79 Å². The summed E-state index contributed by atoms with van der Waals surface area (Å²) >= 11 is 0. The highest BCUT2D eigenvalue weighted by atomic mass is 16.5. The Morgan fingerprint density at radius 1 is 0.806 bits per heavy atom. The van der Waals surface area contributed by atoms with Gasteiger partial charge in [0, 0.05) is 68.9 Å². The van der Waals surface area contributed by atoms with E-state index in [-0.39, 0.29) is 11.5 Å². The van der Waals surface area contributed by atoms with Crippen LogP contribution in [0.15, 0.2) is 60.4 Å². The third-order valence-electron chi connectivity index (χ3n) is 4.62. The van der Waals surface area contributed by atoms with Crippen LogP contribution in [0.2, 0.25) is 0 Å². The number of hydrogen-bond donors (Lipinski definition) is 1. The summed E-state index contributed by atoms with van der Waals surface area (Å²) in [7, 11) is 11.0. The van der Waals surface area contributed by atoms with Gasteiger partial charge in [0.1, 0.15) is 17.3 Å². The molecule has 0 atom stereocenters. The Labute approximate surface area is 184 Å². The first-order valence-corrected chi connectivity index (χ1v) is 9.76. The van der Waals surface area contributed by atoms with E-state index in [2.05, 4.69) is 0 Å². The predicted octanol–water partition coefficient (Wildman–Crippen LogP) is 4.57. The molecule has 0 amide bonds. The van der Waals surface area contributed by atoms with Gasteiger partial charge in [0.2, 0.25) is 0 Å². The highest BCUT2D eigenvalue weighted by Crippen LogP contribution is 2.27. The number of benzene rings is 2. The maximum Gasteiger partial charge on any atom is 0.182 e. The fraction of sp³-hybridized carbons (Fsp3) is 0.240. The van der Waals surface area contributed by atoms with E-state index < -0.39 is 0 Å². The van der Waals surface area contributed by atoms with Crippen molar-refractivity contribution in [2.75, 3.05) is 52.2 Å². The number of carbonyl (C=O) groups is 1. The van der Waals surface area contributed by atoms with Gasteiger partial charge >= 0.3 is 0 Å². The first-order chi connectivity index (χ1) is 14.7. The monoisotopic (exact) mass is 422 g/mol. The highest BCUT2D eigenvalue weighted by Gasteiger charge is 2.05. The fourth-order valence-corrected chi connectivity index (χ4v) is 2.82. The third kappa shape index (κ3) is 6.67. The van der Waals surface area contributed by atoms with E-state index in [9.17, 15) is 9.90 Å². The van der Waals surface area contributed by atoms with Crippen molar-refractivity contribution in [3.63, 3.8) is 0 Å². The van der Waals surface area contributed by atoms with Crippen molar-refractivity contribution in [3.8, 4) is 11.5 Å². The van der Waals surface area contributed by atoms with Crippen molar-refractivity contribution in [2.45, 2.75) is 0 Å². The fourth-order valence-electron chi connectivity index (χ4n) is 2.82. The molecule has 0 aliphatic rings. The minimum atomic E-state index is -0.337. The molecular weight excluding hydrogens is 392 g/mol. The lowest BCUT2D eigenvalue weighted by molar-refractivity contribution is -0.110. The summed E-state index contributed by atoms with van der Waals surface area (Å²) in [5.41, 5.74) is 3.57. The first kappa shape index (κ1) is 23.6. The van der Waals surface area contributed by atoms with Gasteiger partial charge < -0.3 is 24.4 Å². The number of aliphatic hydroxyl groups is 1. The summed E-state index contributed by atoms with van der Waals surface area (Å²) in [6.45, 7) is 0. The second-order valence-corrected chi connectivity index (χ2v) is 7.28. The van der Waals surface area contributed by atoms with Crippen molar-refractivity contribution < 1.29 is 19.4 Å². The lowest BCUT2D eigenvalue weighted by Crippen LogP contribution is -2.08. The quantitative estimate of drug-likeness (QED) is 0.363. The molecule has 2 aromatic rings. The van der Waals surface area contributed by atoms with Gasteiger partial charge in [0.05, 0.1) is 14.2 Å². The molecule has 0 bridgehead atoms. The standard InChI is InChI=1S/C25H30N2O4/c1-26(2)20-11-7-18(24(15-20)30-5)9-13-22(28)17-23(29)14-10-19-8-12-21(27(3)4)16-25(19)31-6/h7-17,28H,1-6H3. The molecular formula is C25H30N2O4. The van der Waals surface area contributed by atoms with E-state index in [1.54, 1.807) is 26.4 Å². The Balaban J connectivity index is 2.13. The molecule has 164 valence electrons. The molecule has 0 spiro atoms. The molecule has 0 saturated carbocycles. The minimum absolute atomic E-state index is 0.150. The number of nitrogens with zero attached hydrogens (tertiary/aromatic N) is 2. The van der Waals surface area contributed by atoms with Gasteiger partial charge in [-0.05, 0) is 48.6 Å². The Kier molecular flexibility index (Phi) is 8.32. The van der Waals surface area contributed by atoms with Crippen LogP contribution in [0.25, 0.3) is 12.2 Å². The van der Waals surface area contributed by atoms with Crippen molar-refractivity contribution in [1.82, 2.24) is 0 Å². The number of carbonyl (C=O) groups excluding carboxylic acids is 1. The summed E-state index contributed by atoms with van der Waals surface area (Å²) in [5, 5.41) is 10.1. The summed E-state index contributed by atoms with van der Waals surface area (Å²) in [5.74, 6) is 0.852. The van der Waals surface area contributed by atoms with Gasteiger partial charge in [-0.2, -0.15) is 0 Å². The van der Waals surface area contributed by atoms with Gasteiger partial charge in [0.25, 0.3) is 0 Å². The SMILES string of the molecule is COc1cc(N(C)C)ccc1C=CC(=O)C=C(O)C=Cc1ccc(N(C)C)cc1OC. The highest BCUT2D eigenvalue weighted by molar-refractivity contribution is 6.02. The first-order valence-electron chi connectivity index (χ1n) is 9.76. The van der Waals surface area contributed by atoms with Gasteiger partial charge in [-0.25, -0.2) is 0 Å². The van der Waals surface area contributed by atoms with Crippen LogP contribution in [-0.4, -0.2) is 53.3 Å². The zero-order valence-corrected chi connectivity index (χ0v) is 18.9. The summed E-state index contributed by atoms with van der Waals surface area (Å²) in [6, 6.07) is 11.5. The number of methoxy groups -OCH3 is 2. The molecule has 0 aromatic heterocycles. The van der Waals surface area contributed by atoms with E-state index in [4.69, 9.17) is 9.47 Å². The number of ketones is 1. The van der Waals surface area contributed by atoms with Crippen LogP contribution < -0.4 is 19.3 Å². The number of hydrogen-bond acceptors (Lipinski definition) is 6. The lowest BCUT2D eigenvalue weighted by atomic mass is 10.1. The zero-order valence-electron chi connectivity index (χ0n) is 18.9. The van der Waals surface area contributed by atoms with Crippen LogP contribution in [-0.2, 0) is 4.79 Å². The Bertz CT molecular complexity index is 1000. The van der Waals surface area contributed by atoms with Crippen LogP contribution in [0.1, 0.15) is 11.1 Å². The summed E-state index contributed by atoms with van der Waals surface area (Å²) in [4.78, 5) is 16.2. The smallest absolute Gasteiger partial charge is 0.182 e. The molecule has 6 heteroatoms. The van der Waals surface area contributed by atoms with Gasteiger partial charge in [-0.1, -0.05) is 0 Å². The lowest BCUT2D eigenvalue weighted by Gasteiger charge is -2.14. The zero-order chi connectivity index (χ0) is 23.0. The van der Waals surface area contributed by atoms with E-state index in [0.29, 0.717) is 11.5 Å². The van der Waals surface area contributed by atoms with Crippen LogP contribution in [0, 0.1) is 0 Å². The summed E-state index contributed by atoms with van der Waals surface area (Å²) in [6.07, 6.45) is 7.38. The molecule has 6 nitrogen and oxygen atoms in total. The van der Waals surface area contributed by atoms with Crippen LogP contribution in [0.3, 0.4) is 0 Å². The number of ether oxygens (including phenoxy) is 2. The number of rotatable bonds is 9. The van der Waals surface area contributed by atoms with Crippen LogP contribution in [0.5, 0.6) is 11.5 Å². The molecule has 0 heterocycles. The number of aliphatic hydroxyl groups excluding tert-OH is 1. The average molecular weight is 423 g/mol. The maximum atomic E-state index is 12.2. The normalized spacial score (nSPS) is 11.7. The predicted molar refractivity (Wildman–Crippen MR) is 128 cm³/mol. The molecule has 0 aliphatic heterocycles. The molecule has 0 fully saturated rings. The van der Waals surface area contributed by atoms with Gasteiger partial charge in [-0.15, -0.1) is 0 Å². The molecule has 0 unspecified atom stereocenters. The van der Waals surface area contributed by atoms with Crippen molar-refractivity contribution >= 4 is 29.3 Å². The van der Waals surface area contributed by atoms with E-state index in [0.717, 1.165) is 28.6 Å². The molecule has 0 aliphatic carbocycles. The minimum Gasteiger partial charge on any atom is -0.508 e. The van der Waals surface area contributed by atoms with Crippen molar-refractivity contribution in [3.05, 3.63) is 71.5 Å².